The molecular formula is C20H25BrN2O3S. The van der Waals surface area contributed by atoms with Crippen LogP contribution in [0.3, 0.4) is 0 Å². The van der Waals surface area contributed by atoms with Crippen molar-refractivity contribution in [3.8, 4) is 0 Å². The van der Waals surface area contributed by atoms with Crippen molar-refractivity contribution in [2.45, 2.75) is 38.1 Å². The van der Waals surface area contributed by atoms with Crippen LogP contribution in [-0.4, -0.2) is 37.8 Å². The van der Waals surface area contributed by atoms with E-state index in [4.69, 9.17) is 0 Å². The van der Waals surface area contributed by atoms with Crippen molar-refractivity contribution in [1.82, 2.24) is 9.62 Å². The molecule has 5 nitrogen and oxygen atoms in total. The number of amides is 1. The van der Waals surface area contributed by atoms with Crippen LogP contribution in [0.1, 0.15) is 36.7 Å². The van der Waals surface area contributed by atoms with Crippen molar-refractivity contribution in [3.05, 3.63) is 64.1 Å². The molecule has 1 amide bonds. The smallest absolute Gasteiger partial charge is 0.251 e. The minimum absolute atomic E-state index is 0.0437. The predicted octanol–water partition coefficient (Wildman–Crippen LogP) is 3.84. The van der Waals surface area contributed by atoms with E-state index in [1.165, 1.54) is 16.4 Å². The quantitative estimate of drug-likeness (QED) is 0.661. The summed E-state index contributed by atoms with van der Waals surface area (Å²) in [5.41, 5.74) is 1.57. The van der Waals surface area contributed by atoms with Gasteiger partial charge in [-0.25, -0.2) is 8.42 Å². The molecule has 0 aliphatic carbocycles. The van der Waals surface area contributed by atoms with E-state index in [9.17, 15) is 13.2 Å². The predicted molar refractivity (Wildman–Crippen MR) is 111 cm³/mol. The Balaban J connectivity index is 2.03. The van der Waals surface area contributed by atoms with Crippen molar-refractivity contribution in [2.75, 3.05) is 13.1 Å². The monoisotopic (exact) mass is 452 g/mol. The van der Waals surface area contributed by atoms with Gasteiger partial charge in [-0.3, -0.25) is 4.79 Å². The zero-order valence-electron chi connectivity index (χ0n) is 15.8. The summed E-state index contributed by atoms with van der Waals surface area (Å²) in [5.74, 6) is -0.216. The first-order valence-corrected chi connectivity index (χ1v) is 11.2. The molecule has 0 aliphatic rings. The van der Waals surface area contributed by atoms with Gasteiger partial charge in [0.25, 0.3) is 5.91 Å². The van der Waals surface area contributed by atoms with E-state index in [-0.39, 0.29) is 16.8 Å². The Labute approximate surface area is 170 Å². The van der Waals surface area contributed by atoms with E-state index in [2.05, 4.69) is 21.2 Å². The van der Waals surface area contributed by atoms with Crippen LogP contribution in [0.4, 0.5) is 0 Å². The molecule has 0 aromatic heterocycles. The standard InChI is InChI=1S/C20H25BrN2O3S/c1-4-23(5-2)27(25,26)19-12-8-17(9-13-19)20(24)22-15(3)14-16-6-10-18(21)11-7-16/h6-13,15H,4-5,14H2,1-3H3,(H,22,24). The largest absolute Gasteiger partial charge is 0.349 e. The van der Waals surface area contributed by atoms with Crippen molar-refractivity contribution in [3.63, 3.8) is 0 Å². The first-order valence-electron chi connectivity index (χ1n) is 8.93. The van der Waals surface area contributed by atoms with Crippen molar-refractivity contribution < 1.29 is 13.2 Å². The van der Waals surface area contributed by atoms with Gasteiger partial charge in [-0.2, -0.15) is 4.31 Å². The second-order valence-electron chi connectivity index (χ2n) is 6.32. The van der Waals surface area contributed by atoms with Crippen LogP contribution in [0.25, 0.3) is 0 Å². The lowest BCUT2D eigenvalue weighted by Gasteiger charge is -2.18. The number of rotatable bonds is 8. The van der Waals surface area contributed by atoms with Gasteiger partial charge in [0.15, 0.2) is 0 Å². The second kappa shape index (κ2) is 9.48. The molecule has 0 saturated heterocycles. The number of nitrogens with zero attached hydrogens (tertiary/aromatic N) is 1. The van der Waals surface area contributed by atoms with Gasteiger partial charge < -0.3 is 5.32 Å². The van der Waals surface area contributed by atoms with Gasteiger partial charge in [0.2, 0.25) is 10.0 Å². The molecule has 1 atom stereocenters. The van der Waals surface area contributed by atoms with Crippen LogP contribution < -0.4 is 5.32 Å². The number of carbonyl (C=O) groups is 1. The highest BCUT2D eigenvalue weighted by Crippen LogP contribution is 2.16. The molecule has 2 aromatic carbocycles. The molecule has 2 aromatic rings. The van der Waals surface area contributed by atoms with E-state index in [1.807, 2.05) is 31.2 Å². The molecule has 0 heterocycles. The average molecular weight is 453 g/mol. The van der Waals surface area contributed by atoms with Crippen LogP contribution in [-0.2, 0) is 16.4 Å². The number of benzene rings is 2. The van der Waals surface area contributed by atoms with Crippen LogP contribution in [0, 0.1) is 0 Å². The lowest BCUT2D eigenvalue weighted by molar-refractivity contribution is 0.0940. The summed E-state index contributed by atoms with van der Waals surface area (Å²) in [5, 5.41) is 2.95. The Hall–Kier alpha value is -1.70. The van der Waals surface area contributed by atoms with Gasteiger partial charge in [0.1, 0.15) is 0 Å². The maximum atomic E-state index is 12.5. The van der Waals surface area contributed by atoms with Crippen LogP contribution in [0.2, 0.25) is 0 Å². The number of carbonyl (C=O) groups excluding carboxylic acids is 1. The molecule has 2 rings (SSSR count). The fourth-order valence-corrected chi connectivity index (χ4v) is 4.55. The second-order valence-corrected chi connectivity index (χ2v) is 9.17. The fraction of sp³-hybridized carbons (Fsp3) is 0.350. The number of sulfonamides is 1. The number of hydrogen-bond donors (Lipinski definition) is 1. The molecule has 1 unspecified atom stereocenters. The number of halogens is 1. The van der Waals surface area contributed by atoms with E-state index in [0.29, 0.717) is 25.1 Å². The molecule has 0 saturated carbocycles. The molecule has 0 spiro atoms. The van der Waals surface area contributed by atoms with Crippen molar-refractivity contribution >= 4 is 31.9 Å². The lowest BCUT2D eigenvalue weighted by atomic mass is 10.1. The Bertz CT molecular complexity index is 861. The molecular weight excluding hydrogens is 428 g/mol. The Morgan fingerprint density at radius 2 is 1.59 bits per heavy atom. The first-order chi connectivity index (χ1) is 12.8. The summed E-state index contributed by atoms with van der Waals surface area (Å²) in [6, 6.07) is 14.0. The average Bonchev–Trinajstić information content (AvgIpc) is 2.64. The van der Waals surface area contributed by atoms with Gasteiger partial charge in [-0.1, -0.05) is 41.9 Å². The summed E-state index contributed by atoms with van der Waals surface area (Å²) in [6.45, 7) is 6.37. The zero-order chi connectivity index (χ0) is 20.0. The maximum Gasteiger partial charge on any atom is 0.251 e. The third-order valence-electron chi connectivity index (χ3n) is 4.29. The lowest BCUT2D eigenvalue weighted by Crippen LogP contribution is -2.34. The zero-order valence-corrected chi connectivity index (χ0v) is 18.2. The van der Waals surface area contributed by atoms with Gasteiger partial charge in [-0.05, 0) is 55.3 Å². The van der Waals surface area contributed by atoms with E-state index < -0.39 is 10.0 Å². The van der Waals surface area contributed by atoms with Crippen LogP contribution in [0.15, 0.2) is 57.9 Å². The van der Waals surface area contributed by atoms with E-state index in [1.54, 1.807) is 26.0 Å². The van der Waals surface area contributed by atoms with Crippen molar-refractivity contribution in [1.29, 1.82) is 0 Å². The van der Waals surface area contributed by atoms with Gasteiger partial charge in [-0.15, -0.1) is 0 Å². The molecule has 1 N–H and O–H groups in total. The summed E-state index contributed by atoms with van der Waals surface area (Å²) in [4.78, 5) is 12.6. The minimum Gasteiger partial charge on any atom is -0.349 e. The molecule has 0 bridgehead atoms. The SMILES string of the molecule is CCN(CC)S(=O)(=O)c1ccc(C(=O)NC(C)Cc2ccc(Br)cc2)cc1. The highest BCUT2D eigenvalue weighted by Gasteiger charge is 2.21. The number of nitrogens with one attached hydrogen (secondary N) is 1. The fourth-order valence-electron chi connectivity index (χ4n) is 2.82. The molecule has 27 heavy (non-hydrogen) atoms. The molecule has 7 heteroatoms. The third-order valence-corrected chi connectivity index (χ3v) is 6.89. The van der Waals surface area contributed by atoms with E-state index in [0.717, 1.165) is 10.0 Å². The summed E-state index contributed by atoms with van der Waals surface area (Å²) < 4.78 is 27.4. The van der Waals surface area contributed by atoms with Gasteiger partial charge in [0.05, 0.1) is 4.90 Å². The minimum atomic E-state index is -3.51. The van der Waals surface area contributed by atoms with Crippen LogP contribution in [0.5, 0.6) is 0 Å². The summed E-state index contributed by atoms with van der Waals surface area (Å²) in [6.07, 6.45) is 0.716. The Morgan fingerprint density at radius 3 is 2.11 bits per heavy atom. The highest BCUT2D eigenvalue weighted by molar-refractivity contribution is 9.10. The van der Waals surface area contributed by atoms with Gasteiger partial charge >= 0.3 is 0 Å². The van der Waals surface area contributed by atoms with Crippen molar-refractivity contribution in [2.24, 2.45) is 0 Å². The molecule has 0 fully saturated rings. The number of hydrogen-bond acceptors (Lipinski definition) is 3. The molecule has 146 valence electrons. The first kappa shape index (κ1) is 21.6. The Morgan fingerprint density at radius 1 is 1.04 bits per heavy atom. The Kier molecular flexibility index (Phi) is 7.59. The topological polar surface area (TPSA) is 66.5 Å². The highest BCUT2D eigenvalue weighted by atomic mass is 79.9. The van der Waals surface area contributed by atoms with Crippen LogP contribution >= 0.6 is 15.9 Å². The normalized spacial score (nSPS) is 12.8. The van der Waals surface area contributed by atoms with Gasteiger partial charge in [0, 0.05) is 29.2 Å². The third kappa shape index (κ3) is 5.64. The van der Waals surface area contributed by atoms with E-state index >= 15 is 0 Å². The summed E-state index contributed by atoms with van der Waals surface area (Å²) >= 11 is 3.40. The summed E-state index contributed by atoms with van der Waals surface area (Å²) in [7, 11) is -3.51. The maximum absolute atomic E-state index is 12.5. The molecule has 0 radical (unpaired) electrons. The molecule has 0 aliphatic heterocycles.